The number of halogens is 2. The minimum absolute atomic E-state index is 0.275. The Hall–Kier alpha value is -0.780. The maximum absolute atomic E-state index is 11.0. The molecule has 1 aromatic rings. The number of carbonyl (C=O) groups excluding carboxylic acids is 1. The normalized spacial score (nSPS) is 10.0. The number of ether oxygens (including phenoxy) is 1. The predicted octanol–water partition coefficient (Wildman–Crippen LogP) is 2.49. The van der Waals surface area contributed by atoms with Crippen molar-refractivity contribution in [2.24, 2.45) is 0 Å². The highest BCUT2D eigenvalue weighted by Crippen LogP contribution is 2.07. The Balaban J connectivity index is 0.000000385. The van der Waals surface area contributed by atoms with Crippen LogP contribution < -0.4 is 0 Å². The second-order valence-electron chi connectivity index (χ2n) is 2.68. The van der Waals surface area contributed by atoms with Gasteiger partial charge in [0.2, 0.25) is 0 Å². The molecular weight excluding hydrogens is 275 g/mol. The highest BCUT2D eigenvalue weighted by atomic mass is 36.0. The van der Waals surface area contributed by atoms with Gasteiger partial charge >= 0.3 is 14.2 Å². The fourth-order valence-electron chi connectivity index (χ4n) is 0.912. The monoisotopic (exact) mass is 284 g/mol. The molecule has 0 saturated carbocycles. The molecule has 0 aliphatic carbocycles. The van der Waals surface area contributed by atoms with Crippen molar-refractivity contribution in [2.75, 3.05) is 7.11 Å². The highest BCUT2D eigenvalue weighted by Gasteiger charge is 2.05. The highest BCUT2D eigenvalue weighted by molar-refractivity contribution is 8.31. The van der Waals surface area contributed by atoms with Crippen LogP contribution in [0.2, 0.25) is 0 Å². The van der Waals surface area contributed by atoms with E-state index in [0.717, 1.165) is 5.56 Å². The summed E-state index contributed by atoms with van der Waals surface area (Å²) in [5.41, 5.74) is 1.58. The average molecular weight is 285 g/mol. The van der Waals surface area contributed by atoms with Crippen molar-refractivity contribution in [3.63, 3.8) is 0 Å². The first-order valence-electron chi connectivity index (χ1n) is 4.04. The molecule has 1 rings (SSSR count). The molecule has 0 atom stereocenters. The number of benzene rings is 1. The lowest BCUT2D eigenvalue weighted by atomic mass is 10.1. The van der Waals surface area contributed by atoms with Gasteiger partial charge in [-0.15, -0.1) is 0 Å². The van der Waals surface area contributed by atoms with E-state index in [2.05, 4.69) is 26.1 Å². The fraction of sp³-hybridized carbons (Fsp3) is 0.222. The van der Waals surface area contributed by atoms with Gasteiger partial charge in [-0.25, -0.2) is 4.79 Å². The summed E-state index contributed by atoms with van der Waals surface area (Å²) < 4.78 is 22.9. The minimum atomic E-state index is -3.72. The van der Waals surface area contributed by atoms with Gasteiger partial charge in [-0.1, -0.05) is 18.2 Å². The predicted molar refractivity (Wildman–Crippen MR) is 63.1 cm³/mol. The third kappa shape index (κ3) is 7.50. The van der Waals surface area contributed by atoms with Crippen LogP contribution in [0.1, 0.15) is 15.9 Å². The molecule has 0 aromatic heterocycles. The van der Waals surface area contributed by atoms with Crippen LogP contribution in [0.4, 0.5) is 0 Å². The van der Waals surface area contributed by atoms with E-state index in [9.17, 15) is 4.79 Å². The summed E-state index contributed by atoms with van der Waals surface area (Å²) in [6.07, 6.45) is 0. The Bertz CT molecular complexity index is 448. The lowest BCUT2D eigenvalue weighted by Gasteiger charge is -2.00. The summed E-state index contributed by atoms with van der Waals surface area (Å²) >= 11 is 0. The smallest absolute Gasteiger partial charge is 0.338 e. The molecule has 0 aliphatic heterocycles. The van der Waals surface area contributed by atoms with E-state index in [1.54, 1.807) is 6.07 Å². The SMILES string of the molecule is COC(=O)c1ccccc1C.O=S(=O)(Cl)Cl. The molecule has 7 heteroatoms. The van der Waals surface area contributed by atoms with Crippen LogP contribution in [0.3, 0.4) is 0 Å². The van der Waals surface area contributed by atoms with Gasteiger partial charge in [-0.05, 0) is 18.6 Å². The number of carbonyl (C=O) groups is 1. The Labute approximate surface area is 103 Å². The molecular formula is C9H10Cl2O4S. The van der Waals surface area contributed by atoms with Crippen molar-refractivity contribution in [2.45, 2.75) is 6.92 Å². The van der Waals surface area contributed by atoms with E-state index >= 15 is 0 Å². The van der Waals surface area contributed by atoms with E-state index in [4.69, 9.17) is 8.42 Å². The molecule has 0 radical (unpaired) electrons. The Morgan fingerprint density at radius 1 is 1.25 bits per heavy atom. The molecule has 0 bridgehead atoms. The van der Waals surface area contributed by atoms with Crippen LogP contribution >= 0.6 is 21.4 Å². The van der Waals surface area contributed by atoms with Crippen molar-refractivity contribution in [3.05, 3.63) is 35.4 Å². The quantitative estimate of drug-likeness (QED) is 0.587. The van der Waals surface area contributed by atoms with Crippen molar-refractivity contribution in [3.8, 4) is 0 Å². The van der Waals surface area contributed by atoms with Gasteiger partial charge in [0.25, 0.3) is 0 Å². The molecule has 4 nitrogen and oxygen atoms in total. The third-order valence-corrected chi connectivity index (χ3v) is 1.55. The van der Waals surface area contributed by atoms with E-state index < -0.39 is 8.26 Å². The van der Waals surface area contributed by atoms with Crippen LogP contribution in [0, 0.1) is 6.92 Å². The summed E-state index contributed by atoms with van der Waals surface area (Å²) in [6.45, 7) is 1.88. The second-order valence-corrected chi connectivity index (χ2v) is 6.35. The number of methoxy groups -OCH3 is 1. The molecule has 1 aromatic carbocycles. The van der Waals surface area contributed by atoms with Gasteiger partial charge in [0, 0.05) is 21.4 Å². The molecule has 0 unspecified atom stereocenters. The van der Waals surface area contributed by atoms with Crippen molar-refractivity contribution >= 4 is 35.6 Å². The summed E-state index contributed by atoms with van der Waals surface area (Å²) in [5.74, 6) is -0.275. The van der Waals surface area contributed by atoms with E-state index in [0.29, 0.717) is 5.56 Å². The molecule has 0 amide bonds. The van der Waals surface area contributed by atoms with Crippen molar-refractivity contribution in [1.82, 2.24) is 0 Å². The van der Waals surface area contributed by atoms with Crippen LogP contribution in [0.5, 0.6) is 0 Å². The maximum Gasteiger partial charge on any atom is 0.338 e. The lowest BCUT2D eigenvalue weighted by Crippen LogP contribution is -2.02. The zero-order valence-corrected chi connectivity index (χ0v) is 10.9. The average Bonchev–Trinajstić information content (AvgIpc) is 2.15. The topological polar surface area (TPSA) is 60.4 Å². The van der Waals surface area contributed by atoms with Gasteiger partial charge in [0.15, 0.2) is 0 Å². The number of esters is 1. The number of hydrogen-bond acceptors (Lipinski definition) is 4. The summed E-state index contributed by atoms with van der Waals surface area (Å²) in [5, 5.41) is 0. The molecule has 0 saturated heterocycles. The zero-order chi connectivity index (χ0) is 12.8. The lowest BCUT2D eigenvalue weighted by molar-refractivity contribution is 0.0600. The van der Waals surface area contributed by atoms with Crippen LogP contribution in [-0.2, 0) is 13.0 Å². The van der Waals surface area contributed by atoms with E-state index in [-0.39, 0.29) is 5.97 Å². The molecule has 0 aliphatic rings. The molecule has 0 N–H and O–H groups in total. The van der Waals surface area contributed by atoms with E-state index in [1.165, 1.54) is 7.11 Å². The Morgan fingerprint density at radius 3 is 2.06 bits per heavy atom. The van der Waals surface area contributed by atoms with Gasteiger partial charge in [0.1, 0.15) is 0 Å². The number of aryl methyl sites for hydroxylation is 1. The minimum Gasteiger partial charge on any atom is -0.465 e. The van der Waals surface area contributed by atoms with Gasteiger partial charge < -0.3 is 4.74 Å². The zero-order valence-electron chi connectivity index (χ0n) is 8.61. The van der Waals surface area contributed by atoms with Gasteiger partial charge in [-0.3, -0.25) is 0 Å². The van der Waals surface area contributed by atoms with E-state index in [1.807, 2.05) is 25.1 Å². The number of rotatable bonds is 1. The summed E-state index contributed by atoms with van der Waals surface area (Å²) in [4.78, 5) is 11.0. The first-order chi connectivity index (χ1) is 7.25. The standard InChI is InChI=1S/C9H10O2.Cl2O2S/c1-7-5-3-4-6-8(7)9(10)11-2;1-5(2,3)4/h3-6H,1-2H3;. The largest absolute Gasteiger partial charge is 0.465 e. The first kappa shape index (κ1) is 15.2. The summed E-state index contributed by atoms with van der Waals surface area (Å²) in [6, 6.07) is 7.34. The molecule has 0 heterocycles. The van der Waals surface area contributed by atoms with Gasteiger partial charge in [-0.2, -0.15) is 8.42 Å². The Morgan fingerprint density at radius 2 is 1.69 bits per heavy atom. The second kappa shape index (κ2) is 6.73. The van der Waals surface area contributed by atoms with Crippen LogP contribution in [0.25, 0.3) is 0 Å². The molecule has 0 fully saturated rings. The fourth-order valence-corrected chi connectivity index (χ4v) is 0.912. The van der Waals surface area contributed by atoms with Crippen LogP contribution in [-0.4, -0.2) is 21.5 Å². The molecule has 16 heavy (non-hydrogen) atoms. The van der Waals surface area contributed by atoms with Crippen molar-refractivity contribution < 1.29 is 17.9 Å². The van der Waals surface area contributed by atoms with Crippen LogP contribution in [0.15, 0.2) is 24.3 Å². The Kier molecular flexibility index (Phi) is 6.40. The summed E-state index contributed by atoms with van der Waals surface area (Å²) in [7, 11) is 6.20. The molecule has 0 spiro atoms. The number of hydrogen-bond donors (Lipinski definition) is 0. The van der Waals surface area contributed by atoms with Crippen molar-refractivity contribution in [1.29, 1.82) is 0 Å². The third-order valence-electron chi connectivity index (χ3n) is 1.55. The maximum atomic E-state index is 11.0. The van der Waals surface area contributed by atoms with Gasteiger partial charge in [0.05, 0.1) is 12.7 Å². The molecule has 90 valence electrons. The first-order valence-corrected chi connectivity index (χ1v) is 7.17.